The molecule has 94 valence electrons. The van der Waals surface area contributed by atoms with Gasteiger partial charge >= 0.3 is 0 Å². The zero-order valence-corrected chi connectivity index (χ0v) is 11.1. The van der Waals surface area contributed by atoms with Crippen molar-refractivity contribution in [3.8, 4) is 5.75 Å². The molecule has 0 radical (unpaired) electrons. The van der Waals surface area contributed by atoms with Gasteiger partial charge in [-0.3, -0.25) is 4.79 Å². The van der Waals surface area contributed by atoms with Crippen molar-refractivity contribution in [3.63, 3.8) is 0 Å². The highest BCUT2D eigenvalue weighted by Crippen LogP contribution is 2.17. The third kappa shape index (κ3) is 3.93. The molecule has 0 aliphatic rings. The quantitative estimate of drug-likeness (QED) is 0.822. The van der Waals surface area contributed by atoms with E-state index in [0.717, 1.165) is 11.3 Å². The summed E-state index contributed by atoms with van der Waals surface area (Å²) in [7, 11) is 1.62. The van der Waals surface area contributed by atoms with Gasteiger partial charge in [-0.1, -0.05) is 19.1 Å². The number of carbonyl (C=O) groups is 1. The molecule has 1 aromatic rings. The maximum atomic E-state index is 11.6. The first-order valence-corrected chi connectivity index (χ1v) is 6.10. The van der Waals surface area contributed by atoms with Crippen LogP contribution in [0.15, 0.2) is 24.3 Å². The first-order chi connectivity index (χ1) is 8.08. The van der Waals surface area contributed by atoms with Gasteiger partial charge in [0.2, 0.25) is 5.91 Å². The van der Waals surface area contributed by atoms with E-state index in [4.69, 9.17) is 16.3 Å². The van der Waals surface area contributed by atoms with Crippen LogP contribution in [0.2, 0.25) is 0 Å². The lowest BCUT2D eigenvalue weighted by Crippen LogP contribution is -2.33. The molecule has 0 aromatic heterocycles. The summed E-state index contributed by atoms with van der Waals surface area (Å²) in [5.74, 6) is 0.675. The highest BCUT2D eigenvalue weighted by atomic mass is 35.5. The number of rotatable bonds is 5. The third-order valence-corrected chi connectivity index (χ3v) is 3.12. The molecule has 1 N–H and O–H groups in total. The molecule has 0 saturated heterocycles. The van der Waals surface area contributed by atoms with Gasteiger partial charge in [0.25, 0.3) is 0 Å². The minimum Gasteiger partial charge on any atom is -0.497 e. The second kappa shape index (κ2) is 6.50. The fraction of sp³-hybridized carbons (Fsp3) is 0.462. The van der Waals surface area contributed by atoms with E-state index >= 15 is 0 Å². The molecule has 4 heteroatoms. The SMILES string of the molecule is CC[C@@H](Cl)C(=O)NC(C)c1ccc(OC)cc1. The van der Waals surface area contributed by atoms with Crippen LogP contribution < -0.4 is 10.1 Å². The standard InChI is InChI=1S/C13H18ClNO2/c1-4-12(14)13(16)15-9(2)10-5-7-11(17-3)8-6-10/h5-9,12H,4H2,1-3H3,(H,15,16)/t9?,12-/m1/s1. The van der Waals surface area contributed by atoms with E-state index in [2.05, 4.69) is 5.32 Å². The van der Waals surface area contributed by atoms with Crippen LogP contribution in [0.4, 0.5) is 0 Å². The number of ether oxygens (including phenoxy) is 1. The molecule has 1 aromatic carbocycles. The van der Waals surface area contributed by atoms with Crippen LogP contribution in [-0.2, 0) is 4.79 Å². The molecule has 0 bridgehead atoms. The van der Waals surface area contributed by atoms with Crippen molar-refractivity contribution in [3.05, 3.63) is 29.8 Å². The number of benzene rings is 1. The number of alkyl halides is 1. The number of nitrogens with one attached hydrogen (secondary N) is 1. The lowest BCUT2D eigenvalue weighted by molar-refractivity contribution is -0.121. The summed E-state index contributed by atoms with van der Waals surface area (Å²) in [5.41, 5.74) is 1.03. The number of halogens is 1. The molecular formula is C13H18ClNO2. The fourth-order valence-corrected chi connectivity index (χ4v) is 1.53. The van der Waals surface area contributed by atoms with E-state index in [1.54, 1.807) is 7.11 Å². The van der Waals surface area contributed by atoms with Crippen molar-refractivity contribution in [1.82, 2.24) is 5.32 Å². The van der Waals surface area contributed by atoms with Crippen molar-refractivity contribution >= 4 is 17.5 Å². The predicted octanol–water partition coefficient (Wildman–Crippen LogP) is 2.89. The van der Waals surface area contributed by atoms with Crippen LogP contribution in [0.1, 0.15) is 31.9 Å². The monoisotopic (exact) mass is 255 g/mol. The maximum absolute atomic E-state index is 11.6. The minimum atomic E-state index is -0.462. The summed E-state index contributed by atoms with van der Waals surface area (Å²) in [6.07, 6.45) is 0.628. The van der Waals surface area contributed by atoms with Crippen LogP contribution in [0.5, 0.6) is 5.75 Å². The summed E-state index contributed by atoms with van der Waals surface area (Å²) < 4.78 is 5.08. The maximum Gasteiger partial charge on any atom is 0.238 e. The molecule has 17 heavy (non-hydrogen) atoms. The van der Waals surface area contributed by atoms with Gasteiger partial charge in [-0.25, -0.2) is 0 Å². The van der Waals surface area contributed by atoms with Crippen LogP contribution in [-0.4, -0.2) is 18.4 Å². The molecule has 1 unspecified atom stereocenters. The molecule has 0 heterocycles. The van der Waals surface area contributed by atoms with Crippen LogP contribution >= 0.6 is 11.6 Å². The number of methoxy groups -OCH3 is 1. The Balaban J connectivity index is 2.63. The number of hydrogen-bond acceptors (Lipinski definition) is 2. The Labute approximate surface area is 107 Å². The zero-order chi connectivity index (χ0) is 12.8. The molecule has 0 aliphatic carbocycles. The Morgan fingerprint density at radius 3 is 2.47 bits per heavy atom. The highest BCUT2D eigenvalue weighted by Gasteiger charge is 2.15. The van der Waals surface area contributed by atoms with Gasteiger partial charge in [0.15, 0.2) is 0 Å². The van der Waals surface area contributed by atoms with Gasteiger partial charge in [0, 0.05) is 0 Å². The summed E-state index contributed by atoms with van der Waals surface area (Å²) in [6, 6.07) is 7.55. The molecule has 1 rings (SSSR count). The van der Waals surface area contributed by atoms with Gasteiger partial charge in [-0.15, -0.1) is 11.6 Å². The summed E-state index contributed by atoms with van der Waals surface area (Å²) in [6.45, 7) is 3.81. The smallest absolute Gasteiger partial charge is 0.238 e. The second-order valence-corrected chi connectivity index (χ2v) is 4.41. The molecule has 3 nitrogen and oxygen atoms in total. The zero-order valence-electron chi connectivity index (χ0n) is 10.4. The fourth-order valence-electron chi connectivity index (χ4n) is 1.47. The summed E-state index contributed by atoms with van der Waals surface area (Å²) >= 11 is 5.86. The predicted molar refractivity (Wildman–Crippen MR) is 69.5 cm³/mol. The van der Waals surface area contributed by atoms with Crippen LogP contribution in [0, 0.1) is 0 Å². The number of hydrogen-bond donors (Lipinski definition) is 1. The second-order valence-electron chi connectivity index (χ2n) is 3.88. The lowest BCUT2D eigenvalue weighted by Gasteiger charge is -2.16. The van der Waals surface area contributed by atoms with Crippen LogP contribution in [0.3, 0.4) is 0 Å². The van der Waals surface area contributed by atoms with E-state index in [-0.39, 0.29) is 11.9 Å². The Hall–Kier alpha value is -1.22. The van der Waals surface area contributed by atoms with Crippen molar-refractivity contribution in [1.29, 1.82) is 0 Å². The summed E-state index contributed by atoms with van der Waals surface area (Å²) in [4.78, 5) is 11.6. The number of amides is 1. The van der Waals surface area contributed by atoms with Gasteiger partial charge in [0.1, 0.15) is 11.1 Å². The first kappa shape index (κ1) is 13.8. The topological polar surface area (TPSA) is 38.3 Å². The van der Waals surface area contributed by atoms with E-state index in [0.29, 0.717) is 6.42 Å². The molecule has 0 spiro atoms. The average Bonchev–Trinajstić information content (AvgIpc) is 2.37. The molecule has 0 fully saturated rings. The van der Waals surface area contributed by atoms with E-state index in [1.807, 2.05) is 38.1 Å². The first-order valence-electron chi connectivity index (χ1n) is 5.66. The van der Waals surface area contributed by atoms with Gasteiger partial charge < -0.3 is 10.1 Å². The van der Waals surface area contributed by atoms with E-state index in [9.17, 15) is 4.79 Å². The van der Waals surface area contributed by atoms with Gasteiger partial charge in [-0.2, -0.15) is 0 Å². The molecule has 2 atom stereocenters. The third-order valence-electron chi connectivity index (χ3n) is 2.62. The molecule has 1 amide bonds. The molecular weight excluding hydrogens is 238 g/mol. The Morgan fingerprint density at radius 1 is 1.41 bits per heavy atom. The van der Waals surface area contributed by atoms with E-state index < -0.39 is 5.38 Å². The summed E-state index contributed by atoms with van der Waals surface area (Å²) in [5, 5.41) is 2.41. The van der Waals surface area contributed by atoms with Crippen molar-refractivity contribution in [2.75, 3.05) is 7.11 Å². The van der Waals surface area contributed by atoms with Gasteiger partial charge in [0.05, 0.1) is 13.2 Å². The van der Waals surface area contributed by atoms with Crippen molar-refractivity contribution < 1.29 is 9.53 Å². The Kier molecular flexibility index (Phi) is 5.29. The van der Waals surface area contributed by atoms with Gasteiger partial charge in [-0.05, 0) is 31.0 Å². The molecule has 0 saturated carbocycles. The Bertz CT molecular complexity index is 364. The normalized spacial score (nSPS) is 13.9. The van der Waals surface area contributed by atoms with Crippen molar-refractivity contribution in [2.45, 2.75) is 31.7 Å². The minimum absolute atomic E-state index is 0.0544. The van der Waals surface area contributed by atoms with Crippen LogP contribution in [0.25, 0.3) is 0 Å². The largest absolute Gasteiger partial charge is 0.497 e. The van der Waals surface area contributed by atoms with E-state index in [1.165, 1.54) is 0 Å². The molecule has 0 aliphatic heterocycles. The van der Waals surface area contributed by atoms with Crippen molar-refractivity contribution in [2.24, 2.45) is 0 Å². The number of carbonyl (C=O) groups excluding carboxylic acids is 1. The Morgan fingerprint density at radius 2 is 2.00 bits per heavy atom. The lowest BCUT2D eigenvalue weighted by atomic mass is 10.1. The average molecular weight is 256 g/mol. The highest BCUT2D eigenvalue weighted by molar-refractivity contribution is 6.30.